The van der Waals surface area contributed by atoms with Crippen LogP contribution in [0.25, 0.3) is 0 Å². The Labute approximate surface area is 151 Å². The monoisotopic (exact) mass is 349 g/mol. The number of carbonyl (C=O) groups excluding carboxylic acids is 2. The molecule has 5 nitrogen and oxygen atoms in total. The molecule has 0 saturated carbocycles. The molecular weight excluding hydrogens is 330 g/mol. The summed E-state index contributed by atoms with van der Waals surface area (Å²) in [7, 11) is 0. The molecule has 0 aliphatic carbocycles. The number of hydrogen-bond acceptors (Lipinski definition) is 4. The van der Waals surface area contributed by atoms with E-state index in [9.17, 15) is 9.59 Å². The van der Waals surface area contributed by atoms with Gasteiger partial charge in [0.05, 0.1) is 12.3 Å². The maximum atomic E-state index is 12.3. The number of carbonyl (C=O) groups is 2. The van der Waals surface area contributed by atoms with Crippen LogP contribution in [0.5, 0.6) is 5.75 Å². The Hall–Kier alpha value is -3.34. The molecule has 5 heteroatoms. The van der Waals surface area contributed by atoms with Crippen LogP contribution in [-0.2, 0) is 4.79 Å². The number of benzene rings is 2. The fourth-order valence-electron chi connectivity index (χ4n) is 2.50. The number of nitrogens with one attached hydrogen (secondary N) is 1. The molecule has 1 heterocycles. The maximum Gasteiger partial charge on any atom is 0.258 e. The summed E-state index contributed by atoms with van der Waals surface area (Å²) in [5, 5.41) is 2.79. The number of ether oxygens (including phenoxy) is 1. The van der Waals surface area contributed by atoms with Gasteiger partial charge in [-0.2, -0.15) is 0 Å². The molecule has 132 valence electrons. The minimum atomic E-state index is -0.252. The molecule has 3 aromatic rings. The van der Waals surface area contributed by atoms with Crippen molar-refractivity contribution >= 4 is 11.7 Å². The standard InChI is InChI=1S/C21H19NO4/c1-15(19-8-5-13-25-19)22-20(23)14-26-18-11-9-17(10-12-18)21(24)16-6-3-2-4-7-16/h2-13,15H,14H2,1H3,(H,22,23)/t15-/m0/s1. The average molecular weight is 349 g/mol. The lowest BCUT2D eigenvalue weighted by Gasteiger charge is -2.12. The van der Waals surface area contributed by atoms with Crippen LogP contribution in [0.15, 0.2) is 77.4 Å². The van der Waals surface area contributed by atoms with Crippen LogP contribution in [0.3, 0.4) is 0 Å². The van der Waals surface area contributed by atoms with Crippen molar-refractivity contribution in [2.45, 2.75) is 13.0 Å². The van der Waals surface area contributed by atoms with Crippen LogP contribution < -0.4 is 10.1 Å². The predicted octanol–water partition coefficient (Wildman–Crippen LogP) is 3.77. The van der Waals surface area contributed by atoms with Crippen LogP contribution >= 0.6 is 0 Å². The third-order valence-corrected chi connectivity index (χ3v) is 3.87. The highest BCUT2D eigenvalue weighted by Crippen LogP contribution is 2.16. The highest BCUT2D eigenvalue weighted by molar-refractivity contribution is 6.08. The quantitative estimate of drug-likeness (QED) is 0.659. The van der Waals surface area contributed by atoms with Gasteiger partial charge >= 0.3 is 0 Å². The molecule has 0 spiro atoms. The predicted molar refractivity (Wildman–Crippen MR) is 97.1 cm³/mol. The second-order valence-electron chi connectivity index (χ2n) is 5.81. The third-order valence-electron chi connectivity index (χ3n) is 3.87. The van der Waals surface area contributed by atoms with Gasteiger partial charge in [-0.1, -0.05) is 30.3 Å². The zero-order chi connectivity index (χ0) is 18.4. The second kappa shape index (κ2) is 8.16. The number of amides is 1. The zero-order valence-corrected chi connectivity index (χ0v) is 14.3. The van der Waals surface area contributed by atoms with Gasteiger partial charge in [0.1, 0.15) is 11.5 Å². The summed E-state index contributed by atoms with van der Waals surface area (Å²) in [5.74, 6) is 0.901. The molecule has 26 heavy (non-hydrogen) atoms. The number of hydrogen-bond donors (Lipinski definition) is 1. The molecule has 2 aromatic carbocycles. The van der Waals surface area contributed by atoms with E-state index in [0.29, 0.717) is 22.6 Å². The van der Waals surface area contributed by atoms with E-state index in [4.69, 9.17) is 9.15 Å². The van der Waals surface area contributed by atoms with E-state index in [2.05, 4.69) is 5.32 Å². The molecule has 0 saturated heterocycles. The van der Waals surface area contributed by atoms with Crippen LogP contribution in [0.1, 0.15) is 34.6 Å². The molecule has 0 aliphatic heterocycles. The van der Waals surface area contributed by atoms with Gasteiger partial charge < -0.3 is 14.5 Å². The van der Waals surface area contributed by atoms with E-state index in [1.807, 2.05) is 25.1 Å². The summed E-state index contributed by atoms with van der Waals surface area (Å²) < 4.78 is 10.7. The van der Waals surface area contributed by atoms with Gasteiger partial charge in [0, 0.05) is 11.1 Å². The van der Waals surface area contributed by atoms with Gasteiger partial charge in [0.15, 0.2) is 12.4 Å². The summed E-state index contributed by atoms with van der Waals surface area (Å²) in [4.78, 5) is 24.3. The molecule has 0 fully saturated rings. The van der Waals surface area contributed by atoms with Crippen LogP contribution in [0.2, 0.25) is 0 Å². The van der Waals surface area contributed by atoms with Crippen molar-refractivity contribution in [3.8, 4) is 5.75 Å². The summed E-state index contributed by atoms with van der Waals surface area (Å²) in [6, 6.07) is 19.1. The first-order chi connectivity index (χ1) is 12.6. The Morgan fingerprint density at radius 1 is 0.962 bits per heavy atom. The van der Waals surface area contributed by atoms with E-state index < -0.39 is 0 Å². The minimum absolute atomic E-state index is 0.0536. The van der Waals surface area contributed by atoms with E-state index in [-0.39, 0.29) is 24.3 Å². The smallest absolute Gasteiger partial charge is 0.258 e. The SMILES string of the molecule is C[C@H](NC(=O)COc1ccc(C(=O)c2ccccc2)cc1)c1ccco1. The van der Waals surface area contributed by atoms with Crippen molar-refractivity contribution in [2.24, 2.45) is 0 Å². The molecule has 0 unspecified atom stereocenters. The highest BCUT2D eigenvalue weighted by atomic mass is 16.5. The van der Waals surface area contributed by atoms with Crippen LogP contribution in [-0.4, -0.2) is 18.3 Å². The Bertz CT molecular complexity index is 855. The van der Waals surface area contributed by atoms with Crippen molar-refractivity contribution in [3.63, 3.8) is 0 Å². The first-order valence-electron chi connectivity index (χ1n) is 8.29. The van der Waals surface area contributed by atoms with E-state index in [1.54, 1.807) is 54.8 Å². The molecule has 0 bridgehead atoms. The minimum Gasteiger partial charge on any atom is -0.484 e. The molecule has 0 radical (unpaired) electrons. The van der Waals surface area contributed by atoms with Gasteiger partial charge in [-0.3, -0.25) is 9.59 Å². The van der Waals surface area contributed by atoms with Crippen LogP contribution in [0, 0.1) is 0 Å². The number of furan rings is 1. The lowest BCUT2D eigenvalue weighted by Crippen LogP contribution is -2.31. The van der Waals surface area contributed by atoms with Crippen molar-refractivity contribution in [1.82, 2.24) is 5.32 Å². The second-order valence-corrected chi connectivity index (χ2v) is 5.81. The molecule has 3 rings (SSSR count). The van der Waals surface area contributed by atoms with E-state index in [0.717, 1.165) is 0 Å². The normalized spacial score (nSPS) is 11.6. The largest absolute Gasteiger partial charge is 0.484 e. The van der Waals surface area contributed by atoms with Gasteiger partial charge in [-0.15, -0.1) is 0 Å². The van der Waals surface area contributed by atoms with Crippen molar-refractivity contribution < 1.29 is 18.7 Å². The van der Waals surface area contributed by atoms with Gasteiger partial charge in [-0.05, 0) is 43.3 Å². The molecule has 1 N–H and O–H groups in total. The lowest BCUT2D eigenvalue weighted by molar-refractivity contribution is -0.123. The van der Waals surface area contributed by atoms with Crippen molar-refractivity contribution in [3.05, 3.63) is 89.9 Å². The van der Waals surface area contributed by atoms with Crippen molar-refractivity contribution in [2.75, 3.05) is 6.61 Å². The first-order valence-corrected chi connectivity index (χ1v) is 8.29. The lowest BCUT2D eigenvalue weighted by atomic mass is 10.0. The molecule has 1 aromatic heterocycles. The number of ketones is 1. The van der Waals surface area contributed by atoms with E-state index >= 15 is 0 Å². The fourth-order valence-corrected chi connectivity index (χ4v) is 2.50. The third kappa shape index (κ3) is 4.39. The Balaban J connectivity index is 1.53. The van der Waals surface area contributed by atoms with Gasteiger partial charge in [-0.25, -0.2) is 0 Å². The van der Waals surface area contributed by atoms with Crippen molar-refractivity contribution in [1.29, 1.82) is 0 Å². The van der Waals surface area contributed by atoms with E-state index in [1.165, 1.54) is 0 Å². The number of rotatable bonds is 7. The average Bonchev–Trinajstić information content (AvgIpc) is 3.22. The van der Waals surface area contributed by atoms with Gasteiger partial charge in [0.2, 0.25) is 0 Å². The molecule has 0 aliphatic rings. The summed E-state index contributed by atoms with van der Waals surface area (Å²) in [6.45, 7) is 1.72. The summed E-state index contributed by atoms with van der Waals surface area (Å²) in [5.41, 5.74) is 1.20. The van der Waals surface area contributed by atoms with Crippen LogP contribution in [0.4, 0.5) is 0 Å². The molecule has 1 amide bonds. The Morgan fingerprint density at radius 3 is 2.31 bits per heavy atom. The zero-order valence-electron chi connectivity index (χ0n) is 14.3. The summed E-state index contributed by atoms with van der Waals surface area (Å²) >= 11 is 0. The highest BCUT2D eigenvalue weighted by Gasteiger charge is 2.12. The Morgan fingerprint density at radius 2 is 1.65 bits per heavy atom. The first kappa shape index (κ1) is 17.5. The topological polar surface area (TPSA) is 68.5 Å². The maximum absolute atomic E-state index is 12.3. The molecule has 1 atom stereocenters. The van der Waals surface area contributed by atoms with Gasteiger partial charge in [0.25, 0.3) is 5.91 Å². The molecular formula is C21H19NO4. The Kier molecular flexibility index (Phi) is 5.49. The fraction of sp³-hybridized carbons (Fsp3) is 0.143. The summed E-state index contributed by atoms with van der Waals surface area (Å²) in [6.07, 6.45) is 1.56.